The zero-order valence-corrected chi connectivity index (χ0v) is 12.1. The number of halogens is 1. The summed E-state index contributed by atoms with van der Waals surface area (Å²) in [7, 11) is 0. The molecule has 0 saturated heterocycles. The Morgan fingerprint density at radius 1 is 1.15 bits per heavy atom. The number of hydrogen-bond acceptors (Lipinski definition) is 4. The highest BCUT2D eigenvalue weighted by molar-refractivity contribution is 6.29. The molecule has 0 unspecified atom stereocenters. The molecule has 0 amide bonds. The fourth-order valence-electron chi connectivity index (χ4n) is 2.15. The molecule has 1 aromatic carbocycles. The quantitative estimate of drug-likeness (QED) is 0.808. The van der Waals surface area contributed by atoms with E-state index in [2.05, 4.69) is 23.8 Å². The third kappa shape index (κ3) is 2.70. The van der Waals surface area contributed by atoms with Crippen molar-refractivity contribution in [3.05, 3.63) is 35.1 Å². The Kier molecular flexibility index (Phi) is 3.49. The van der Waals surface area contributed by atoms with Gasteiger partial charge in [-0.25, -0.2) is 9.97 Å². The highest BCUT2D eigenvalue weighted by Crippen LogP contribution is 2.35. The lowest BCUT2D eigenvalue weighted by Crippen LogP contribution is -2.00. The predicted molar refractivity (Wildman–Crippen MR) is 77.1 cm³/mol. The lowest BCUT2D eigenvalue weighted by Gasteiger charge is -2.08. The minimum atomic E-state index is 0.258. The van der Waals surface area contributed by atoms with E-state index < -0.39 is 0 Å². The Labute approximate surface area is 122 Å². The molecule has 0 N–H and O–H groups in total. The van der Waals surface area contributed by atoms with Gasteiger partial charge in [-0.2, -0.15) is 0 Å². The molecule has 5 heteroatoms. The van der Waals surface area contributed by atoms with Gasteiger partial charge in [-0.1, -0.05) is 25.4 Å². The summed E-state index contributed by atoms with van der Waals surface area (Å²) in [6.45, 7) is 4.56. The highest BCUT2D eigenvalue weighted by Gasteiger charge is 2.15. The van der Waals surface area contributed by atoms with E-state index >= 15 is 0 Å². The number of ether oxygens (including phenoxy) is 2. The molecule has 3 rings (SSSR count). The van der Waals surface area contributed by atoms with Crippen LogP contribution in [0.15, 0.2) is 24.3 Å². The Bertz CT molecular complexity index is 644. The van der Waals surface area contributed by atoms with Crippen molar-refractivity contribution >= 4 is 11.6 Å². The summed E-state index contributed by atoms with van der Waals surface area (Å²) in [4.78, 5) is 8.87. The first-order valence-electron chi connectivity index (χ1n) is 6.55. The number of benzene rings is 1. The number of rotatable bonds is 3. The molecular formula is C15H15ClN2O2. The maximum absolute atomic E-state index is 6.09. The summed E-state index contributed by atoms with van der Waals surface area (Å²) in [6.07, 6.45) is 0.875. The van der Waals surface area contributed by atoms with Gasteiger partial charge in [0.15, 0.2) is 17.3 Å². The van der Waals surface area contributed by atoms with Crippen molar-refractivity contribution in [2.75, 3.05) is 6.79 Å². The van der Waals surface area contributed by atoms with E-state index in [1.165, 1.54) is 0 Å². The fourth-order valence-corrected chi connectivity index (χ4v) is 2.36. The molecule has 1 aliphatic rings. The SMILES string of the molecule is CC(C)Cc1cc(Cl)nc(-c2ccc3c(c2)OCO3)n1. The molecule has 0 spiro atoms. The van der Waals surface area contributed by atoms with Crippen molar-refractivity contribution in [2.45, 2.75) is 20.3 Å². The first kappa shape index (κ1) is 13.2. The van der Waals surface area contributed by atoms with Crippen LogP contribution in [0.2, 0.25) is 5.15 Å². The van der Waals surface area contributed by atoms with Gasteiger partial charge in [0.25, 0.3) is 0 Å². The van der Waals surface area contributed by atoms with Gasteiger partial charge >= 0.3 is 0 Å². The molecule has 1 aliphatic heterocycles. The zero-order valence-electron chi connectivity index (χ0n) is 11.4. The third-order valence-corrected chi connectivity index (χ3v) is 3.19. The minimum Gasteiger partial charge on any atom is -0.454 e. The maximum atomic E-state index is 6.09. The Morgan fingerprint density at radius 3 is 2.75 bits per heavy atom. The van der Waals surface area contributed by atoms with Crippen LogP contribution in [-0.4, -0.2) is 16.8 Å². The smallest absolute Gasteiger partial charge is 0.231 e. The largest absolute Gasteiger partial charge is 0.454 e. The number of hydrogen-bond donors (Lipinski definition) is 0. The minimum absolute atomic E-state index is 0.258. The molecular weight excluding hydrogens is 276 g/mol. The summed E-state index contributed by atoms with van der Waals surface area (Å²) in [5.41, 5.74) is 1.83. The second-order valence-corrected chi connectivity index (χ2v) is 5.56. The zero-order chi connectivity index (χ0) is 14.1. The average Bonchev–Trinajstić information content (AvgIpc) is 2.84. The Balaban J connectivity index is 1.99. The van der Waals surface area contributed by atoms with Crippen LogP contribution in [0.3, 0.4) is 0 Å². The van der Waals surface area contributed by atoms with Crippen molar-refractivity contribution in [2.24, 2.45) is 5.92 Å². The van der Waals surface area contributed by atoms with E-state index in [1.54, 1.807) is 0 Å². The van der Waals surface area contributed by atoms with Crippen LogP contribution in [-0.2, 0) is 6.42 Å². The van der Waals surface area contributed by atoms with Crippen molar-refractivity contribution < 1.29 is 9.47 Å². The van der Waals surface area contributed by atoms with Gasteiger partial charge in [-0.05, 0) is 36.6 Å². The van der Waals surface area contributed by atoms with E-state index in [1.807, 2.05) is 24.3 Å². The van der Waals surface area contributed by atoms with Crippen LogP contribution in [0, 0.1) is 5.92 Å². The monoisotopic (exact) mass is 290 g/mol. The average molecular weight is 291 g/mol. The fraction of sp³-hybridized carbons (Fsp3) is 0.333. The normalized spacial score (nSPS) is 13.0. The van der Waals surface area contributed by atoms with Crippen LogP contribution in [0.4, 0.5) is 0 Å². The van der Waals surface area contributed by atoms with E-state index in [0.717, 1.165) is 29.2 Å². The second-order valence-electron chi connectivity index (χ2n) is 5.17. The summed E-state index contributed by atoms with van der Waals surface area (Å²) >= 11 is 6.09. The van der Waals surface area contributed by atoms with Gasteiger partial charge in [0.05, 0.1) is 0 Å². The molecule has 0 bridgehead atoms. The van der Waals surface area contributed by atoms with Crippen molar-refractivity contribution in [1.82, 2.24) is 9.97 Å². The molecule has 0 radical (unpaired) electrons. The predicted octanol–water partition coefficient (Wildman–Crippen LogP) is 3.72. The van der Waals surface area contributed by atoms with Gasteiger partial charge in [0.1, 0.15) is 5.15 Å². The van der Waals surface area contributed by atoms with Crippen molar-refractivity contribution in [1.29, 1.82) is 0 Å². The first-order chi connectivity index (χ1) is 9.61. The molecule has 20 heavy (non-hydrogen) atoms. The van der Waals surface area contributed by atoms with E-state index in [0.29, 0.717) is 16.9 Å². The molecule has 0 fully saturated rings. The van der Waals surface area contributed by atoms with Gasteiger partial charge in [-0.3, -0.25) is 0 Å². The lowest BCUT2D eigenvalue weighted by atomic mass is 10.1. The molecule has 104 valence electrons. The van der Waals surface area contributed by atoms with Gasteiger partial charge in [0, 0.05) is 11.3 Å². The van der Waals surface area contributed by atoms with Crippen LogP contribution in [0.1, 0.15) is 19.5 Å². The molecule has 4 nitrogen and oxygen atoms in total. The van der Waals surface area contributed by atoms with Crippen LogP contribution < -0.4 is 9.47 Å². The van der Waals surface area contributed by atoms with Gasteiger partial charge < -0.3 is 9.47 Å². The molecule has 0 saturated carbocycles. The van der Waals surface area contributed by atoms with Gasteiger partial charge in [0.2, 0.25) is 6.79 Å². The molecule has 1 aromatic heterocycles. The molecule has 2 heterocycles. The lowest BCUT2D eigenvalue weighted by molar-refractivity contribution is 0.174. The Hall–Kier alpha value is -1.81. The summed E-state index contributed by atoms with van der Waals surface area (Å²) < 4.78 is 10.7. The standard InChI is InChI=1S/C15H15ClN2O2/c1-9(2)5-11-7-14(16)18-15(17-11)10-3-4-12-13(6-10)20-8-19-12/h3-4,6-7,9H,5,8H2,1-2H3. The number of aromatic nitrogens is 2. The van der Waals surface area contributed by atoms with Crippen LogP contribution >= 0.6 is 11.6 Å². The van der Waals surface area contributed by atoms with Gasteiger partial charge in [-0.15, -0.1) is 0 Å². The Morgan fingerprint density at radius 2 is 1.95 bits per heavy atom. The van der Waals surface area contributed by atoms with Crippen LogP contribution in [0.25, 0.3) is 11.4 Å². The number of fused-ring (bicyclic) bond motifs is 1. The van der Waals surface area contributed by atoms with E-state index in [9.17, 15) is 0 Å². The van der Waals surface area contributed by atoms with E-state index in [4.69, 9.17) is 21.1 Å². The molecule has 0 aliphatic carbocycles. The van der Waals surface area contributed by atoms with Crippen molar-refractivity contribution in [3.63, 3.8) is 0 Å². The van der Waals surface area contributed by atoms with Crippen LogP contribution in [0.5, 0.6) is 11.5 Å². The molecule has 0 atom stereocenters. The number of nitrogens with zero attached hydrogens (tertiary/aromatic N) is 2. The topological polar surface area (TPSA) is 44.2 Å². The summed E-state index contributed by atoms with van der Waals surface area (Å²) in [5, 5.41) is 0.461. The maximum Gasteiger partial charge on any atom is 0.231 e. The van der Waals surface area contributed by atoms with E-state index in [-0.39, 0.29) is 6.79 Å². The first-order valence-corrected chi connectivity index (χ1v) is 6.93. The highest BCUT2D eigenvalue weighted by atomic mass is 35.5. The van der Waals surface area contributed by atoms with Crippen molar-refractivity contribution in [3.8, 4) is 22.9 Å². The second kappa shape index (κ2) is 5.29. The summed E-state index contributed by atoms with van der Waals surface area (Å²) in [6, 6.07) is 7.48. The summed E-state index contributed by atoms with van der Waals surface area (Å²) in [5.74, 6) is 2.60. The third-order valence-electron chi connectivity index (χ3n) is 3.00. The molecule has 2 aromatic rings.